The molecule has 0 atom stereocenters. The van der Waals surface area contributed by atoms with Gasteiger partial charge in [0.2, 0.25) is 0 Å². The lowest BCUT2D eigenvalue weighted by Crippen LogP contribution is -1.91. The van der Waals surface area contributed by atoms with Crippen LogP contribution in [0.5, 0.6) is 5.75 Å². The minimum atomic E-state index is 0.206. The molecule has 0 aliphatic rings. The predicted octanol–water partition coefficient (Wildman–Crippen LogP) is 3.30. The smallest absolute Gasteiger partial charge is 0.182 e. The Morgan fingerprint density at radius 2 is 1.86 bits per heavy atom. The number of phenolic OH excluding ortho intramolecular Hbond substituents is 1. The third kappa shape index (κ3) is 1.90. The maximum atomic E-state index is 9.35. The van der Waals surface area contributed by atoms with Crippen molar-refractivity contribution in [3.8, 4) is 17.1 Å². The van der Waals surface area contributed by atoms with Crippen LogP contribution in [0.3, 0.4) is 0 Å². The van der Waals surface area contributed by atoms with E-state index in [1.54, 1.807) is 41.2 Å². The molecule has 0 aliphatic heterocycles. The molecule has 0 radical (unpaired) electrons. The molecular formula is C15H9ClN4O. The van der Waals surface area contributed by atoms with Crippen molar-refractivity contribution >= 4 is 28.2 Å². The van der Waals surface area contributed by atoms with Gasteiger partial charge >= 0.3 is 0 Å². The minimum absolute atomic E-state index is 0.206. The fraction of sp³-hybridized carbons (Fsp3) is 0. The van der Waals surface area contributed by atoms with Crippen molar-refractivity contribution in [2.75, 3.05) is 0 Å². The topological polar surface area (TPSA) is 63.3 Å². The highest BCUT2D eigenvalue weighted by Crippen LogP contribution is 2.27. The van der Waals surface area contributed by atoms with Crippen molar-refractivity contribution in [3.63, 3.8) is 0 Å². The number of hydrogen-bond donors (Lipinski definition) is 1. The molecule has 0 bridgehead atoms. The predicted molar refractivity (Wildman–Crippen MR) is 80.4 cm³/mol. The van der Waals surface area contributed by atoms with E-state index < -0.39 is 0 Å². The molecule has 0 saturated heterocycles. The number of benzene rings is 2. The summed E-state index contributed by atoms with van der Waals surface area (Å²) < 4.78 is 1.61. The van der Waals surface area contributed by atoms with Gasteiger partial charge in [0.05, 0.1) is 15.9 Å². The molecule has 1 N–H and O–H groups in total. The first-order valence-electron chi connectivity index (χ1n) is 6.31. The van der Waals surface area contributed by atoms with Gasteiger partial charge in [0.25, 0.3) is 0 Å². The lowest BCUT2D eigenvalue weighted by molar-refractivity contribution is 0.475. The van der Waals surface area contributed by atoms with E-state index in [2.05, 4.69) is 15.1 Å². The second-order valence-electron chi connectivity index (χ2n) is 4.63. The summed E-state index contributed by atoms with van der Waals surface area (Å²) in [6, 6.07) is 12.3. The molecule has 0 amide bonds. The third-order valence-electron chi connectivity index (χ3n) is 3.28. The highest BCUT2D eigenvalue weighted by atomic mass is 35.5. The summed E-state index contributed by atoms with van der Waals surface area (Å²) in [5.41, 5.74) is 2.25. The van der Waals surface area contributed by atoms with Crippen LogP contribution in [0.4, 0.5) is 0 Å². The average Bonchev–Trinajstić information content (AvgIpc) is 2.92. The molecule has 0 spiro atoms. The lowest BCUT2D eigenvalue weighted by atomic mass is 10.2. The number of phenols is 1. The maximum Gasteiger partial charge on any atom is 0.182 e. The van der Waals surface area contributed by atoms with E-state index in [-0.39, 0.29) is 5.75 Å². The Morgan fingerprint density at radius 3 is 2.67 bits per heavy atom. The van der Waals surface area contributed by atoms with Crippen LogP contribution < -0.4 is 0 Å². The Bertz CT molecular complexity index is 963. The van der Waals surface area contributed by atoms with Gasteiger partial charge in [-0.15, -0.1) is 5.10 Å². The largest absolute Gasteiger partial charge is 0.508 e. The van der Waals surface area contributed by atoms with Crippen LogP contribution in [0.1, 0.15) is 0 Å². The Labute approximate surface area is 124 Å². The molecule has 4 rings (SSSR count). The summed E-state index contributed by atoms with van der Waals surface area (Å²) >= 11 is 6.26. The van der Waals surface area contributed by atoms with Crippen LogP contribution in [0, 0.1) is 0 Å². The molecule has 6 heteroatoms. The van der Waals surface area contributed by atoms with Gasteiger partial charge in [0.1, 0.15) is 12.1 Å². The number of aromatic hydroxyl groups is 1. The second-order valence-corrected chi connectivity index (χ2v) is 5.04. The normalized spacial score (nSPS) is 11.3. The molecule has 102 valence electrons. The number of halogens is 1. The molecule has 2 heterocycles. The van der Waals surface area contributed by atoms with Gasteiger partial charge in [-0.25, -0.2) is 14.5 Å². The number of fused-ring (bicyclic) bond motifs is 3. The van der Waals surface area contributed by atoms with Crippen molar-refractivity contribution in [1.82, 2.24) is 19.6 Å². The van der Waals surface area contributed by atoms with E-state index in [0.717, 1.165) is 16.5 Å². The second kappa shape index (κ2) is 4.43. The van der Waals surface area contributed by atoms with E-state index in [0.29, 0.717) is 16.5 Å². The standard InChI is InChI=1S/C15H9ClN4O/c16-11-2-1-3-12-13(11)15-18-14(19-20(15)8-17-12)9-4-6-10(21)7-5-9/h1-8,21H. The average molecular weight is 297 g/mol. The molecule has 4 aromatic rings. The third-order valence-corrected chi connectivity index (χ3v) is 3.59. The highest BCUT2D eigenvalue weighted by Gasteiger charge is 2.12. The Morgan fingerprint density at radius 1 is 1.05 bits per heavy atom. The molecule has 0 fully saturated rings. The summed E-state index contributed by atoms with van der Waals surface area (Å²) in [5.74, 6) is 0.766. The summed E-state index contributed by atoms with van der Waals surface area (Å²) in [6.07, 6.45) is 1.62. The zero-order valence-electron chi connectivity index (χ0n) is 10.7. The van der Waals surface area contributed by atoms with Crippen molar-refractivity contribution in [2.24, 2.45) is 0 Å². The molecule has 0 aliphatic carbocycles. The van der Waals surface area contributed by atoms with Gasteiger partial charge < -0.3 is 5.11 Å². The molecule has 5 nitrogen and oxygen atoms in total. The fourth-order valence-corrected chi connectivity index (χ4v) is 2.52. The highest BCUT2D eigenvalue weighted by molar-refractivity contribution is 6.36. The van der Waals surface area contributed by atoms with E-state index >= 15 is 0 Å². The van der Waals surface area contributed by atoms with Crippen molar-refractivity contribution in [2.45, 2.75) is 0 Å². The first-order chi connectivity index (χ1) is 10.2. The van der Waals surface area contributed by atoms with E-state index in [9.17, 15) is 5.11 Å². The van der Waals surface area contributed by atoms with Crippen molar-refractivity contribution < 1.29 is 5.11 Å². The molecular weight excluding hydrogens is 288 g/mol. The quantitative estimate of drug-likeness (QED) is 0.585. The number of aromatic nitrogens is 4. The van der Waals surface area contributed by atoms with E-state index in [4.69, 9.17) is 11.6 Å². The molecule has 2 aromatic heterocycles. The monoisotopic (exact) mass is 296 g/mol. The Hall–Kier alpha value is -2.66. The number of nitrogens with zero attached hydrogens (tertiary/aromatic N) is 4. The summed E-state index contributed by atoms with van der Waals surface area (Å²) in [7, 11) is 0. The van der Waals surface area contributed by atoms with Gasteiger partial charge in [-0.05, 0) is 36.4 Å². The first kappa shape index (κ1) is 12.1. The SMILES string of the molecule is Oc1ccc(-c2nc3c4c(Cl)cccc4ncn3n2)cc1. The van der Waals surface area contributed by atoms with Crippen molar-refractivity contribution in [1.29, 1.82) is 0 Å². The number of rotatable bonds is 1. The summed E-state index contributed by atoms with van der Waals surface area (Å²) in [5, 5.41) is 15.1. The minimum Gasteiger partial charge on any atom is -0.508 e. The molecule has 0 saturated carbocycles. The summed E-state index contributed by atoms with van der Waals surface area (Å²) in [4.78, 5) is 8.87. The van der Waals surface area contributed by atoms with Gasteiger partial charge in [-0.1, -0.05) is 17.7 Å². The first-order valence-corrected chi connectivity index (χ1v) is 6.69. The van der Waals surface area contributed by atoms with Crippen LogP contribution in [0.15, 0.2) is 48.8 Å². The van der Waals surface area contributed by atoms with Gasteiger partial charge in [0.15, 0.2) is 11.5 Å². The van der Waals surface area contributed by atoms with E-state index in [1.165, 1.54) is 0 Å². The van der Waals surface area contributed by atoms with E-state index in [1.807, 2.05) is 12.1 Å². The molecule has 21 heavy (non-hydrogen) atoms. The van der Waals surface area contributed by atoms with Gasteiger partial charge in [-0.2, -0.15) is 0 Å². The maximum absolute atomic E-state index is 9.35. The van der Waals surface area contributed by atoms with Crippen LogP contribution in [0.25, 0.3) is 27.9 Å². The Kier molecular flexibility index (Phi) is 2.55. The zero-order valence-corrected chi connectivity index (χ0v) is 11.5. The zero-order chi connectivity index (χ0) is 14.4. The number of hydrogen-bond acceptors (Lipinski definition) is 4. The fourth-order valence-electron chi connectivity index (χ4n) is 2.27. The summed E-state index contributed by atoms with van der Waals surface area (Å²) in [6.45, 7) is 0. The van der Waals surface area contributed by atoms with Gasteiger partial charge in [-0.3, -0.25) is 0 Å². The van der Waals surface area contributed by atoms with Crippen molar-refractivity contribution in [3.05, 3.63) is 53.8 Å². The molecule has 0 unspecified atom stereocenters. The van der Waals surface area contributed by atoms with Gasteiger partial charge in [0, 0.05) is 5.56 Å². The van der Waals surface area contributed by atoms with Crippen LogP contribution in [-0.2, 0) is 0 Å². The lowest BCUT2D eigenvalue weighted by Gasteiger charge is -1.99. The van der Waals surface area contributed by atoms with Crippen LogP contribution in [0.2, 0.25) is 5.02 Å². The molecule has 2 aromatic carbocycles. The Balaban J connectivity index is 2.01. The van der Waals surface area contributed by atoms with Crippen LogP contribution >= 0.6 is 11.6 Å². The van der Waals surface area contributed by atoms with Crippen LogP contribution in [-0.4, -0.2) is 24.7 Å².